The molecular formula is C17H15ClN2O3. The number of rotatable bonds is 4. The fourth-order valence-corrected chi connectivity index (χ4v) is 2.43. The zero-order valence-corrected chi connectivity index (χ0v) is 13.2. The molecule has 0 fully saturated rings. The molecule has 0 spiro atoms. The first kappa shape index (κ1) is 15.5. The predicted molar refractivity (Wildman–Crippen MR) is 88.4 cm³/mol. The van der Waals surface area contributed by atoms with Gasteiger partial charge in [-0.1, -0.05) is 23.7 Å². The summed E-state index contributed by atoms with van der Waals surface area (Å²) in [4.78, 5) is 16.3. The molecule has 5 nitrogen and oxygen atoms in total. The Morgan fingerprint density at radius 1 is 1.30 bits per heavy atom. The van der Waals surface area contributed by atoms with Gasteiger partial charge in [0.2, 0.25) is 5.91 Å². The van der Waals surface area contributed by atoms with Gasteiger partial charge in [-0.15, -0.1) is 0 Å². The number of benzene rings is 2. The largest absolute Gasteiger partial charge is 0.441 e. The van der Waals surface area contributed by atoms with E-state index in [1.165, 1.54) is 0 Å². The van der Waals surface area contributed by atoms with E-state index in [0.29, 0.717) is 27.7 Å². The number of halogens is 1. The highest BCUT2D eigenvalue weighted by atomic mass is 35.5. The second kappa shape index (κ2) is 6.40. The summed E-state index contributed by atoms with van der Waals surface area (Å²) in [5, 5.41) is 13.4. The Bertz CT molecular complexity index is 843. The first-order chi connectivity index (χ1) is 11.0. The van der Waals surface area contributed by atoms with Gasteiger partial charge in [-0.25, -0.2) is 4.98 Å². The highest BCUT2D eigenvalue weighted by Gasteiger charge is 2.14. The predicted octanol–water partition coefficient (Wildman–Crippen LogP) is 3.85. The summed E-state index contributed by atoms with van der Waals surface area (Å²) in [6, 6.07) is 12.0. The molecule has 1 unspecified atom stereocenters. The first-order valence-electron chi connectivity index (χ1n) is 7.12. The minimum Gasteiger partial charge on any atom is -0.441 e. The van der Waals surface area contributed by atoms with Crippen LogP contribution in [0.15, 0.2) is 46.9 Å². The lowest BCUT2D eigenvalue weighted by Gasteiger charge is -2.11. The summed E-state index contributed by atoms with van der Waals surface area (Å²) in [6.45, 7) is 1.76. The number of oxazole rings is 1. The summed E-state index contributed by atoms with van der Waals surface area (Å²) in [7, 11) is 0. The number of aliphatic hydroxyl groups is 1. The van der Waals surface area contributed by atoms with Crippen molar-refractivity contribution >= 4 is 34.3 Å². The maximum atomic E-state index is 12.1. The number of anilines is 1. The molecule has 0 saturated heterocycles. The van der Waals surface area contributed by atoms with Crippen molar-refractivity contribution in [3.05, 3.63) is 58.9 Å². The third kappa shape index (κ3) is 3.70. The maximum Gasteiger partial charge on any atom is 0.227 e. The Morgan fingerprint density at radius 2 is 2.04 bits per heavy atom. The second-order valence-corrected chi connectivity index (χ2v) is 5.67. The van der Waals surface area contributed by atoms with Gasteiger partial charge in [-0.3, -0.25) is 4.79 Å². The average molecular weight is 331 g/mol. The van der Waals surface area contributed by atoms with Crippen molar-refractivity contribution in [1.29, 1.82) is 0 Å². The van der Waals surface area contributed by atoms with Gasteiger partial charge >= 0.3 is 0 Å². The lowest BCUT2D eigenvalue weighted by molar-refractivity contribution is -0.118. The van der Waals surface area contributed by atoms with Gasteiger partial charge < -0.3 is 14.8 Å². The normalized spacial score (nSPS) is 12.3. The molecule has 0 aliphatic carbocycles. The molecule has 1 amide bonds. The molecule has 0 saturated carbocycles. The Hall–Kier alpha value is -2.37. The van der Waals surface area contributed by atoms with E-state index in [1.807, 2.05) is 0 Å². The number of nitrogens with one attached hydrogen (secondary N) is 1. The number of carbonyl (C=O) groups is 1. The van der Waals surface area contributed by atoms with Crippen LogP contribution < -0.4 is 5.32 Å². The van der Waals surface area contributed by atoms with Crippen molar-refractivity contribution in [3.8, 4) is 0 Å². The Balaban J connectivity index is 1.66. The molecule has 0 radical (unpaired) electrons. The third-order valence-electron chi connectivity index (χ3n) is 3.41. The van der Waals surface area contributed by atoms with E-state index >= 15 is 0 Å². The lowest BCUT2D eigenvalue weighted by Crippen LogP contribution is -2.15. The Morgan fingerprint density at radius 3 is 2.78 bits per heavy atom. The molecule has 23 heavy (non-hydrogen) atoms. The molecule has 3 aromatic rings. The number of hydrogen-bond donors (Lipinski definition) is 2. The molecule has 0 bridgehead atoms. The molecule has 3 rings (SSSR count). The number of aliphatic hydroxyl groups excluding tert-OH is 1. The van der Waals surface area contributed by atoms with Crippen molar-refractivity contribution in [2.24, 2.45) is 0 Å². The van der Waals surface area contributed by atoms with Crippen LogP contribution in [-0.4, -0.2) is 16.0 Å². The number of nitrogens with zero attached hydrogens (tertiary/aromatic N) is 1. The van der Waals surface area contributed by atoms with Crippen molar-refractivity contribution in [2.45, 2.75) is 19.4 Å². The lowest BCUT2D eigenvalue weighted by atomic mass is 10.1. The van der Waals surface area contributed by atoms with Crippen molar-refractivity contribution in [1.82, 2.24) is 4.98 Å². The number of amides is 1. The SMILES string of the molecule is Cc1nc2ccc(NC(=O)CC(O)c3ccc(Cl)cc3)cc2o1. The minimum atomic E-state index is -0.886. The third-order valence-corrected chi connectivity index (χ3v) is 3.66. The van der Waals surface area contributed by atoms with Gasteiger partial charge in [0, 0.05) is 23.7 Å². The highest BCUT2D eigenvalue weighted by molar-refractivity contribution is 6.30. The van der Waals surface area contributed by atoms with E-state index < -0.39 is 6.10 Å². The number of carbonyl (C=O) groups excluding carboxylic acids is 1. The molecule has 6 heteroatoms. The van der Waals surface area contributed by atoms with Crippen LogP contribution in [0.4, 0.5) is 5.69 Å². The number of hydrogen-bond acceptors (Lipinski definition) is 4. The summed E-state index contributed by atoms with van der Waals surface area (Å²) in [6.07, 6.45) is -0.932. The average Bonchev–Trinajstić information content (AvgIpc) is 2.87. The van der Waals surface area contributed by atoms with Crippen LogP contribution in [0.3, 0.4) is 0 Å². The van der Waals surface area contributed by atoms with E-state index in [1.54, 1.807) is 49.4 Å². The molecule has 0 aliphatic rings. The molecule has 0 aliphatic heterocycles. The van der Waals surface area contributed by atoms with Crippen LogP contribution in [0.25, 0.3) is 11.1 Å². The Kier molecular flexibility index (Phi) is 4.32. The zero-order valence-electron chi connectivity index (χ0n) is 12.4. The zero-order chi connectivity index (χ0) is 16.4. The summed E-state index contributed by atoms with van der Waals surface area (Å²) in [5.41, 5.74) is 2.59. The van der Waals surface area contributed by atoms with Crippen molar-refractivity contribution in [3.63, 3.8) is 0 Å². The second-order valence-electron chi connectivity index (χ2n) is 5.24. The first-order valence-corrected chi connectivity index (χ1v) is 7.49. The van der Waals surface area contributed by atoms with Crippen LogP contribution >= 0.6 is 11.6 Å². The molecule has 1 atom stereocenters. The van der Waals surface area contributed by atoms with Gasteiger partial charge in [0.25, 0.3) is 0 Å². The number of aryl methyl sites for hydroxylation is 1. The molecule has 2 aromatic carbocycles. The fraction of sp³-hybridized carbons (Fsp3) is 0.176. The molecule has 1 heterocycles. The van der Waals surface area contributed by atoms with E-state index in [-0.39, 0.29) is 12.3 Å². The van der Waals surface area contributed by atoms with Gasteiger partial charge in [-0.05, 0) is 29.8 Å². The number of aromatic nitrogens is 1. The van der Waals surface area contributed by atoms with Crippen LogP contribution in [0.2, 0.25) is 5.02 Å². The molecule has 118 valence electrons. The fourth-order valence-electron chi connectivity index (χ4n) is 2.31. The molecule has 1 aromatic heterocycles. The smallest absolute Gasteiger partial charge is 0.227 e. The standard InChI is InChI=1S/C17H15ClN2O3/c1-10-19-14-7-6-13(8-16(14)23-10)20-17(22)9-15(21)11-2-4-12(18)5-3-11/h2-8,15,21H,9H2,1H3,(H,20,22). The summed E-state index contributed by atoms with van der Waals surface area (Å²) >= 11 is 5.80. The van der Waals surface area contributed by atoms with Gasteiger partial charge in [0.15, 0.2) is 11.5 Å². The highest BCUT2D eigenvalue weighted by Crippen LogP contribution is 2.22. The summed E-state index contributed by atoms with van der Waals surface area (Å²) in [5.74, 6) is 0.282. The maximum absolute atomic E-state index is 12.1. The van der Waals surface area contributed by atoms with Crippen LogP contribution in [0, 0.1) is 6.92 Å². The molecular weight excluding hydrogens is 316 g/mol. The Labute approximate surface area is 137 Å². The van der Waals surface area contributed by atoms with E-state index in [0.717, 1.165) is 5.52 Å². The van der Waals surface area contributed by atoms with E-state index in [2.05, 4.69) is 10.3 Å². The quantitative estimate of drug-likeness (QED) is 0.761. The molecule has 2 N–H and O–H groups in total. The van der Waals surface area contributed by atoms with Crippen LogP contribution in [-0.2, 0) is 4.79 Å². The van der Waals surface area contributed by atoms with Gasteiger partial charge in [-0.2, -0.15) is 0 Å². The van der Waals surface area contributed by atoms with Crippen molar-refractivity contribution < 1.29 is 14.3 Å². The summed E-state index contributed by atoms with van der Waals surface area (Å²) < 4.78 is 5.43. The topological polar surface area (TPSA) is 75.4 Å². The van der Waals surface area contributed by atoms with Gasteiger partial charge in [0.1, 0.15) is 5.52 Å². The van der Waals surface area contributed by atoms with Gasteiger partial charge in [0.05, 0.1) is 12.5 Å². The number of fused-ring (bicyclic) bond motifs is 1. The van der Waals surface area contributed by atoms with Crippen LogP contribution in [0.1, 0.15) is 24.0 Å². The van der Waals surface area contributed by atoms with Crippen LogP contribution in [0.5, 0.6) is 0 Å². The van der Waals surface area contributed by atoms with E-state index in [4.69, 9.17) is 16.0 Å². The van der Waals surface area contributed by atoms with Crippen molar-refractivity contribution in [2.75, 3.05) is 5.32 Å². The monoisotopic (exact) mass is 330 g/mol. The minimum absolute atomic E-state index is 0.0465. The van der Waals surface area contributed by atoms with E-state index in [9.17, 15) is 9.90 Å².